The molecule has 0 radical (unpaired) electrons. The Hall–Kier alpha value is -3.06. The zero-order valence-corrected chi connectivity index (χ0v) is 20.6. The van der Waals surface area contributed by atoms with Crippen LogP contribution in [0.2, 0.25) is 0 Å². The summed E-state index contributed by atoms with van der Waals surface area (Å²) >= 11 is 6.21. The molecule has 6 N–H and O–H groups in total. The van der Waals surface area contributed by atoms with E-state index in [9.17, 15) is 8.42 Å². The van der Waals surface area contributed by atoms with Gasteiger partial charge in [0.2, 0.25) is 0 Å². The van der Waals surface area contributed by atoms with Crippen LogP contribution in [0, 0.1) is 0 Å². The van der Waals surface area contributed by atoms with Crippen molar-refractivity contribution in [2.24, 2.45) is 11.5 Å². The first-order valence-electron chi connectivity index (χ1n) is 8.77. The lowest BCUT2D eigenvalue weighted by molar-refractivity contribution is 0.266. The largest absolute Gasteiger partial charge is 0.443 e. The van der Waals surface area contributed by atoms with E-state index in [1.165, 1.54) is 12.6 Å². The van der Waals surface area contributed by atoms with Crippen LogP contribution in [0.4, 0.5) is 9.59 Å². The van der Waals surface area contributed by atoms with Gasteiger partial charge in [-0.15, -0.1) is 6.58 Å². The molecule has 1 heterocycles. The standard InChI is InChI=1S/C16H13NO3S.C3H6.2CH3NOS.CH4.H2O/c1-21(18,19)14-10-6-5-9-13(14)16-15(17-11-20-16)12-7-3-2-4-8-12;1-3-2;2*2-1(3)4;;/h2-11H,1H3;3H,1H2,2H3;2*(H3,2,3,4);1H4;1H2. The van der Waals surface area contributed by atoms with Gasteiger partial charge in [-0.25, -0.2) is 13.4 Å². The number of carbonyl (C=O) groups excluding carboxylic acids is 2. The van der Waals surface area contributed by atoms with Crippen molar-refractivity contribution in [1.82, 2.24) is 4.98 Å². The number of thiol groups is 2. The molecule has 1 aromatic heterocycles. The van der Waals surface area contributed by atoms with Crippen LogP contribution in [0.25, 0.3) is 22.6 Å². The quantitative estimate of drug-likeness (QED) is 0.288. The maximum Gasteiger partial charge on any atom is 0.273 e. The van der Waals surface area contributed by atoms with Gasteiger partial charge in [0.1, 0.15) is 5.69 Å². The lowest BCUT2D eigenvalue weighted by atomic mass is 10.1. The Balaban J connectivity index is -0.000000630. The molecular formula is C22H31N3O6S3. The summed E-state index contributed by atoms with van der Waals surface area (Å²) in [5, 5.41) is -1.28. The number of oxazole rings is 1. The fourth-order valence-electron chi connectivity index (χ4n) is 2.22. The van der Waals surface area contributed by atoms with Crippen molar-refractivity contribution in [1.29, 1.82) is 0 Å². The topological polar surface area (TPSA) is 178 Å². The van der Waals surface area contributed by atoms with E-state index in [0.29, 0.717) is 17.0 Å². The Morgan fingerprint density at radius 2 is 1.41 bits per heavy atom. The molecule has 0 bridgehead atoms. The molecule has 3 aromatic rings. The molecule has 0 aliphatic rings. The molecule has 12 heteroatoms. The van der Waals surface area contributed by atoms with Crippen LogP contribution >= 0.6 is 25.3 Å². The highest BCUT2D eigenvalue weighted by atomic mass is 32.2. The highest BCUT2D eigenvalue weighted by Crippen LogP contribution is 2.34. The molecule has 2 amide bonds. The lowest BCUT2D eigenvalue weighted by Gasteiger charge is -2.07. The van der Waals surface area contributed by atoms with E-state index in [0.717, 1.165) is 5.56 Å². The van der Waals surface area contributed by atoms with Gasteiger partial charge in [-0.05, 0) is 19.1 Å². The third-order valence-electron chi connectivity index (χ3n) is 3.15. The van der Waals surface area contributed by atoms with Crippen LogP contribution in [0.5, 0.6) is 0 Å². The lowest BCUT2D eigenvalue weighted by Crippen LogP contribution is -1.99. The number of hydrogen-bond donors (Lipinski definition) is 4. The first kappa shape index (κ1) is 35.5. The van der Waals surface area contributed by atoms with E-state index in [2.05, 4.69) is 48.3 Å². The molecule has 0 aliphatic carbocycles. The molecule has 0 saturated heterocycles. The minimum Gasteiger partial charge on any atom is -0.443 e. The maximum absolute atomic E-state index is 11.9. The number of aromatic nitrogens is 1. The molecule has 188 valence electrons. The number of sulfone groups is 1. The monoisotopic (exact) mass is 529 g/mol. The van der Waals surface area contributed by atoms with Gasteiger partial charge in [-0.2, -0.15) is 0 Å². The Morgan fingerprint density at radius 1 is 1.00 bits per heavy atom. The first-order valence-corrected chi connectivity index (χ1v) is 11.6. The number of carbonyl (C=O) groups is 2. The summed E-state index contributed by atoms with van der Waals surface area (Å²) in [7, 11) is -3.35. The fraction of sp³-hybridized carbons (Fsp3) is 0.136. The molecule has 9 nitrogen and oxygen atoms in total. The van der Waals surface area contributed by atoms with Crippen molar-refractivity contribution in [2.75, 3.05) is 6.26 Å². The van der Waals surface area contributed by atoms with E-state index in [-0.39, 0.29) is 17.8 Å². The average Bonchev–Trinajstić information content (AvgIpc) is 3.17. The van der Waals surface area contributed by atoms with Crippen molar-refractivity contribution in [2.45, 2.75) is 19.2 Å². The van der Waals surface area contributed by atoms with Gasteiger partial charge in [-0.1, -0.05) is 81.2 Å². The van der Waals surface area contributed by atoms with E-state index < -0.39 is 20.3 Å². The number of allylic oxidation sites excluding steroid dienone is 1. The molecule has 0 saturated carbocycles. The number of amides is 2. The van der Waals surface area contributed by atoms with E-state index in [1.54, 1.807) is 30.3 Å². The summed E-state index contributed by atoms with van der Waals surface area (Å²) in [4.78, 5) is 22.6. The normalized spacial score (nSPS) is 8.94. The summed E-state index contributed by atoms with van der Waals surface area (Å²) in [5.41, 5.74) is 10.7. The predicted octanol–water partition coefficient (Wildman–Crippen LogP) is 4.41. The van der Waals surface area contributed by atoms with Crippen LogP contribution in [0.15, 0.2) is 83.0 Å². The molecule has 0 fully saturated rings. The van der Waals surface area contributed by atoms with Crippen LogP contribution < -0.4 is 11.5 Å². The van der Waals surface area contributed by atoms with Gasteiger partial charge in [-0.3, -0.25) is 9.59 Å². The maximum atomic E-state index is 11.9. The molecule has 0 spiro atoms. The third-order valence-corrected chi connectivity index (χ3v) is 4.30. The van der Waals surface area contributed by atoms with Crippen molar-refractivity contribution < 1.29 is 27.9 Å². The summed E-state index contributed by atoms with van der Waals surface area (Å²) in [6, 6.07) is 16.3. The third kappa shape index (κ3) is 14.2. The second-order valence-electron chi connectivity index (χ2n) is 5.75. The zero-order valence-electron chi connectivity index (χ0n) is 18.0. The average molecular weight is 530 g/mol. The number of rotatable bonds is 3. The van der Waals surface area contributed by atoms with Gasteiger partial charge in [0, 0.05) is 17.4 Å². The van der Waals surface area contributed by atoms with Crippen LogP contribution in [0.3, 0.4) is 0 Å². The zero-order chi connectivity index (χ0) is 24.7. The van der Waals surface area contributed by atoms with Gasteiger partial charge < -0.3 is 21.4 Å². The molecule has 3 rings (SSSR count). The highest BCUT2D eigenvalue weighted by Gasteiger charge is 2.20. The van der Waals surface area contributed by atoms with Crippen molar-refractivity contribution in [3.63, 3.8) is 0 Å². The van der Waals surface area contributed by atoms with Gasteiger partial charge in [0.15, 0.2) is 22.0 Å². The van der Waals surface area contributed by atoms with Gasteiger partial charge in [0.25, 0.3) is 10.5 Å². The Kier molecular flexibility index (Phi) is 19.2. The van der Waals surface area contributed by atoms with Crippen LogP contribution in [0.1, 0.15) is 14.4 Å². The van der Waals surface area contributed by atoms with Crippen molar-refractivity contribution in [3.8, 4) is 22.6 Å². The Bertz CT molecular complexity index is 1100. The van der Waals surface area contributed by atoms with Crippen molar-refractivity contribution in [3.05, 3.63) is 73.6 Å². The SMILES string of the molecule is C.C=CC.CS(=O)(=O)c1ccccc1-c1ocnc1-c1ccccc1.NC(=O)S.NC(=O)S.O. The molecule has 0 aliphatic heterocycles. The molecule has 2 aromatic carbocycles. The van der Waals surface area contributed by atoms with Gasteiger partial charge in [0.05, 0.1) is 4.90 Å². The van der Waals surface area contributed by atoms with Crippen LogP contribution in [-0.2, 0) is 9.84 Å². The van der Waals surface area contributed by atoms with E-state index >= 15 is 0 Å². The molecule has 34 heavy (non-hydrogen) atoms. The second-order valence-corrected chi connectivity index (χ2v) is 8.61. The smallest absolute Gasteiger partial charge is 0.273 e. The Labute approximate surface area is 211 Å². The van der Waals surface area contributed by atoms with E-state index in [1.807, 2.05) is 37.3 Å². The Morgan fingerprint density at radius 3 is 1.85 bits per heavy atom. The number of primary amides is 2. The minimum atomic E-state index is -3.35. The summed E-state index contributed by atoms with van der Waals surface area (Å²) < 4.78 is 29.3. The number of hydrogen-bond acceptors (Lipinski definition) is 6. The predicted molar refractivity (Wildman–Crippen MR) is 144 cm³/mol. The van der Waals surface area contributed by atoms with Crippen molar-refractivity contribution >= 4 is 45.6 Å². The van der Waals surface area contributed by atoms with Crippen LogP contribution in [-0.4, -0.2) is 35.6 Å². The summed E-state index contributed by atoms with van der Waals surface area (Å²) in [6.07, 6.45) is 4.26. The van der Waals surface area contributed by atoms with E-state index in [4.69, 9.17) is 14.0 Å². The first-order chi connectivity index (χ1) is 14.9. The molecule has 0 unspecified atom stereocenters. The number of benzene rings is 2. The highest BCUT2D eigenvalue weighted by molar-refractivity contribution is 7.96. The molecular weight excluding hydrogens is 498 g/mol. The number of nitrogens with zero attached hydrogens (tertiary/aromatic N) is 1. The van der Waals surface area contributed by atoms with Gasteiger partial charge >= 0.3 is 0 Å². The fourth-order valence-corrected chi connectivity index (χ4v) is 3.10. The second kappa shape index (κ2) is 18.4. The summed E-state index contributed by atoms with van der Waals surface area (Å²) in [5.74, 6) is 0.460. The number of nitrogens with two attached hydrogens (primary N) is 2. The minimum absolute atomic E-state index is 0. The summed E-state index contributed by atoms with van der Waals surface area (Å²) in [6.45, 7) is 5.25. The molecule has 0 atom stereocenters.